The van der Waals surface area contributed by atoms with E-state index in [1.807, 2.05) is 0 Å². The number of nitrogens with zero attached hydrogens (tertiary/aromatic N) is 4. The highest BCUT2D eigenvalue weighted by molar-refractivity contribution is 5.47. The topological polar surface area (TPSA) is 55.1 Å². The van der Waals surface area contributed by atoms with Gasteiger partial charge in [0.25, 0.3) is 5.82 Å². The van der Waals surface area contributed by atoms with E-state index >= 15 is 0 Å². The summed E-state index contributed by atoms with van der Waals surface area (Å²) in [7, 11) is 0. The summed E-state index contributed by atoms with van der Waals surface area (Å²) in [4.78, 5) is 0. The molecule has 9 heteroatoms. The van der Waals surface area contributed by atoms with E-state index in [1.54, 1.807) is 6.07 Å². The molecule has 0 radical (unpaired) electrons. The summed E-state index contributed by atoms with van der Waals surface area (Å²) in [5, 5.41) is 13.6. The van der Waals surface area contributed by atoms with E-state index in [-0.39, 0.29) is 23.3 Å². The zero-order valence-electron chi connectivity index (χ0n) is 12.2. The standard InChI is InChI=1S/C15H11F4N5/c16-9-3-1-8-2-4-11(10(8)7-9)20-12-5-6-13-21-22-14(15(17,18)19)24(13)23-12/h1,3,5-7,11H,2,4H2,(H,20,23). The molecular weight excluding hydrogens is 326 g/mol. The second kappa shape index (κ2) is 5.15. The molecule has 1 N–H and O–H groups in total. The Morgan fingerprint density at radius 2 is 1.96 bits per heavy atom. The number of hydrogen-bond acceptors (Lipinski definition) is 4. The van der Waals surface area contributed by atoms with Crippen LogP contribution in [0.4, 0.5) is 23.4 Å². The Balaban J connectivity index is 1.68. The molecule has 124 valence electrons. The highest BCUT2D eigenvalue weighted by Crippen LogP contribution is 2.34. The van der Waals surface area contributed by atoms with Gasteiger partial charge in [-0.2, -0.15) is 17.7 Å². The Morgan fingerprint density at radius 1 is 1.12 bits per heavy atom. The normalized spacial score (nSPS) is 17.2. The van der Waals surface area contributed by atoms with E-state index in [4.69, 9.17) is 0 Å². The van der Waals surface area contributed by atoms with Crippen molar-refractivity contribution in [2.75, 3.05) is 5.32 Å². The fourth-order valence-electron chi connectivity index (χ4n) is 2.94. The number of rotatable bonds is 2. The molecule has 4 rings (SSSR count). The Labute approximate surface area is 133 Å². The van der Waals surface area contributed by atoms with Crippen LogP contribution in [0.25, 0.3) is 5.65 Å². The Bertz CT molecular complexity index is 918. The lowest BCUT2D eigenvalue weighted by Crippen LogP contribution is -2.14. The van der Waals surface area contributed by atoms with Crippen molar-refractivity contribution in [2.24, 2.45) is 0 Å². The molecule has 1 atom stereocenters. The molecule has 0 spiro atoms. The van der Waals surface area contributed by atoms with Crippen molar-refractivity contribution in [3.8, 4) is 0 Å². The average molecular weight is 337 g/mol. The van der Waals surface area contributed by atoms with Crippen molar-refractivity contribution in [1.29, 1.82) is 0 Å². The number of benzene rings is 1. The number of hydrogen-bond donors (Lipinski definition) is 1. The van der Waals surface area contributed by atoms with Gasteiger partial charge in [0.05, 0.1) is 6.04 Å². The molecule has 0 aliphatic heterocycles. The van der Waals surface area contributed by atoms with Gasteiger partial charge in [-0.05, 0) is 48.2 Å². The lowest BCUT2D eigenvalue weighted by molar-refractivity contribution is -0.146. The fraction of sp³-hybridized carbons (Fsp3) is 0.267. The number of anilines is 1. The highest BCUT2D eigenvalue weighted by atomic mass is 19.4. The average Bonchev–Trinajstić information content (AvgIpc) is 3.11. The maximum atomic E-state index is 13.4. The molecule has 1 aliphatic carbocycles. The van der Waals surface area contributed by atoms with Gasteiger partial charge >= 0.3 is 6.18 Å². The number of nitrogens with one attached hydrogen (secondary N) is 1. The Morgan fingerprint density at radius 3 is 2.75 bits per heavy atom. The lowest BCUT2D eigenvalue weighted by Gasteiger charge is -2.15. The molecule has 5 nitrogen and oxygen atoms in total. The van der Waals surface area contributed by atoms with Crippen LogP contribution in [0.2, 0.25) is 0 Å². The smallest absolute Gasteiger partial charge is 0.362 e. The van der Waals surface area contributed by atoms with Gasteiger partial charge in [-0.1, -0.05) is 6.07 Å². The summed E-state index contributed by atoms with van der Waals surface area (Å²) in [6.45, 7) is 0. The van der Waals surface area contributed by atoms with Crippen LogP contribution in [0.15, 0.2) is 30.3 Å². The van der Waals surface area contributed by atoms with Gasteiger partial charge in [0.15, 0.2) is 5.65 Å². The molecule has 2 aromatic heterocycles. The van der Waals surface area contributed by atoms with Crippen LogP contribution >= 0.6 is 0 Å². The zero-order chi connectivity index (χ0) is 16.9. The van der Waals surface area contributed by atoms with Crippen LogP contribution < -0.4 is 5.32 Å². The van der Waals surface area contributed by atoms with Gasteiger partial charge in [0.2, 0.25) is 0 Å². The molecule has 2 heterocycles. The Kier molecular flexibility index (Phi) is 3.19. The third-order valence-corrected chi connectivity index (χ3v) is 4.02. The lowest BCUT2D eigenvalue weighted by atomic mass is 10.1. The van der Waals surface area contributed by atoms with Crippen molar-refractivity contribution in [1.82, 2.24) is 19.8 Å². The molecule has 0 fully saturated rings. The summed E-state index contributed by atoms with van der Waals surface area (Å²) >= 11 is 0. The second-order valence-corrected chi connectivity index (χ2v) is 5.59. The van der Waals surface area contributed by atoms with Crippen molar-refractivity contribution < 1.29 is 17.6 Å². The number of aromatic nitrogens is 4. The zero-order valence-corrected chi connectivity index (χ0v) is 12.2. The third-order valence-electron chi connectivity index (χ3n) is 4.02. The third kappa shape index (κ3) is 2.45. The molecule has 1 unspecified atom stereocenters. The summed E-state index contributed by atoms with van der Waals surface area (Å²) in [5.41, 5.74) is 1.83. The minimum atomic E-state index is -4.64. The first-order valence-corrected chi connectivity index (χ1v) is 7.26. The molecule has 0 saturated heterocycles. The van der Waals surface area contributed by atoms with E-state index in [0.717, 1.165) is 17.5 Å². The van der Waals surface area contributed by atoms with E-state index in [1.165, 1.54) is 24.3 Å². The summed E-state index contributed by atoms with van der Waals surface area (Å²) in [6.07, 6.45) is -3.16. The minimum Gasteiger partial charge on any atom is -0.362 e. The first-order chi connectivity index (χ1) is 11.4. The van der Waals surface area contributed by atoms with Crippen LogP contribution in [0.3, 0.4) is 0 Å². The summed E-state index contributed by atoms with van der Waals surface area (Å²) < 4.78 is 52.8. The molecule has 24 heavy (non-hydrogen) atoms. The molecule has 0 saturated carbocycles. The highest BCUT2D eigenvalue weighted by Gasteiger charge is 2.37. The van der Waals surface area contributed by atoms with Crippen LogP contribution in [-0.2, 0) is 12.6 Å². The van der Waals surface area contributed by atoms with Gasteiger partial charge in [-0.3, -0.25) is 0 Å². The largest absolute Gasteiger partial charge is 0.453 e. The fourth-order valence-corrected chi connectivity index (χ4v) is 2.94. The number of aryl methyl sites for hydroxylation is 1. The minimum absolute atomic E-state index is 0.00532. The molecule has 0 amide bonds. The van der Waals surface area contributed by atoms with Gasteiger partial charge in [0.1, 0.15) is 11.6 Å². The van der Waals surface area contributed by atoms with Crippen molar-refractivity contribution in [2.45, 2.75) is 25.1 Å². The second-order valence-electron chi connectivity index (χ2n) is 5.59. The Hall–Kier alpha value is -2.71. The van der Waals surface area contributed by atoms with Crippen LogP contribution in [0.1, 0.15) is 29.4 Å². The van der Waals surface area contributed by atoms with E-state index in [2.05, 4.69) is 20.6 Å². The van der Waals surface area contributed by atoms with Gasteiger partial charge in [-0.15, -0.1) is 15.3 Å². The summed E-state index contributed by atoms with van der Waals surface area (Å²) in [6, 6.07) is 7.30. The van der Waals surface area contributed by atoms with Crippen LogP contribution in [-0.4, -0.2) is 19.8 Å². The van der Waals surface area contributed by atoms with Crippen molar-refractivity contribution in [3.63, 3.8) is 0 Å². The van der Waals surface area contributed by atoms with Crippen molar-refractivity contribution >= 4 is 11.5 Å². The van der Waals surface area contributed by atoms with Crippen molar-refractivity contribution in [3.05, 3.63) is 53.1 Å². The van der Waals surface area contributed by atoms with Gasteiger partial charge < -0.3 is 5.32 Å². The van der Waals surface area contributed by atoms with E-state index in [9.17, 15) is 17.6 Å². The SMILES string of the molecule is Fc1ccc2c(c1)C(Nc1ccc3nnc(C(F)(F)F)n3n1)CC2. The van der Waals surface area contributed by atoms with Gasteiger partial charge in [0, 0.05) is 0 Å². The molecule has 1 aromatic carbocycles. The first kappa shape index (κ1) is 14.9. The predicted octanol–water partition coefficient (Wildman–Crippen LogP) is 3.38. The number of halogens is 4. The monoisotopic (exact) mass is 337 g/mol. The molecule has 0 bridgehead atoms. The number of alkyl halides is 3. The maximum Gasteiger partial charge on any atom is 0.453 e. The van der Waals surface area contributed by atoms with Crippen LogP contribution in [0.5, 0.6) is 0 Å². The molecule has 3 aromatic rings. The summed E-state index contributed by atoms with van der Waals surface area (Å²) in [5.74, 6) is -1.28. The first-order valence-electron chi connectivity index (χ1n) is 7.26. The quantitative estimate of drug-likeness (QED) is 0.729. The predicted molar refractivity (Wildman–Crippen MR) is 76.9 cm³/mol. The number of fused-ring (bicyclic) bond motifs is 2. The van der Waals surface area contributed by atoms with E-state index < -0.39 is 12.0 Å². The molecule has 1 aliphatic rings. The molecular formula is C15H11F4N5. The van der Waals surface area contributed by atoms with Crippen LogP contribution in [0, 0.1) is 5.82 Å². The maximum absolute atomic E-state index is 13.4. The van der Waals surface area contributed by atoms with Gasteiger partial charge in [-0.25, -0.2) is 4.39 Å². The van der Waals surface area contributed by atoms with E-state index in [0.29, 0.717) is 10.9 Å².